The number of rotatable bonds is 4. The summed E-state index contributed by atoms with van der Waals surface area (Å²) in [5.74, 6) is 0. The molecule has 0 saturated heterocycles. The van der Waals surface area contributed by atoms with Crippen molar-refractivity contribution in [1.29, 1.82) is 0 Å². The molecule has 90 valence electrons. The van der Waals surface area contributed by atoms with Crippen LogP contribution in [-0.2, 0) is 13.0 Å². The van der Waals surface area contributed by atoms with E-state index in [0.29, 0.717) is 0 Å². The zero-order valence-electron chi connectivity index (χ0n) is 10.2. The van der Waals surface area contributed by atoms with Gasteiger partial charge in [0.1, 0.15) is 0 Å². The fourth-order valence-electron chi connectivity index (χ4n) is 1.97. The molecule has 0 unspecified atom stereocenters. The summed E-state index contributed by atoms with van der Waals surface area (Å²) in [5.41, 5.74) is 4.89. The smallest absolute Gasteiger partial charge is 0.0835 e. The van der Waals surface area contributed by atoms with Crippen LogP contribution in [0.5, 0.6) is 0 Å². The molecule has 17 heavy (non-hydrogen) atoms. The SMILES string of the molecule is Cc1cc(C)cc(Cn2cc(CCBr)nn2)c1. The maximum atomic E-state index is 4.14. The Balaban J connectivity index is 2.13. The van der Waals surface area contributed by atoms with E-state index < -0.39 is 0 Å². The quantitative estimate of drug-likeness (QED) is 0.812. The second kappa shape index (κ2) is 5.45. The summed E-state index contributed by atoms with van der Waals surface area (Å²) in [6.07, 6.45) is 2.94. The number of hydrogen-bond donors (Lipinski definition) is 0. The highest BCUT2D eigenvalue weighted by molar-refractivity contribution is 9.09. The van der Waals surface area contributed by atoms with E-state index in [1.807, 2.05) is 10.9 Å². The number of hydrogen-bond acceptors (Lipinski definition) is 2. The normalized spacial score (nSPS) is 10.8. The molecule has 0 bridgehead atoms. The number of halogens is 1. The monoisotopic (exact) mass is 293 g/mol. The first-order chi connectivity index (χ1) is 8.17. The first-order valence-electron chi connectivity index (χ1n) is 5.69. The Kier molecular flexibility index (Phi) is 3.94. The van der Waals surface area contributed by atoms with Crippen LogP contribution in [0.2, 0.25) is 0 Å². The molecule has 3 nitrogen and oxygen atoms in total. The molecule has 2 rings (SSSR count). The van der Waals surface area contributed by atoms with Crippen molar-refractivity contribution in [3.05, 3.63) is 46.8 Å². The van der Waals surface area contributed by atoms with Crippen molar-refractivity contribution in [3.8, 4) is 0 Å². The van der Waals surface area contributed by atoms with Gasteiger partial charge in [-0.15, -0.1) is 5.10 Å². The highest BCUT2D eigenvalue weighted by atomic mass is 79.9. The van der Waals surface area contributed by atoms with E-state index in [-0.39, 0.29) is 0 Å². The van der Waals surface area contributed by atoms with E-state index in [9.17, 15) is 0 Å². The van der Waals surface area contributed by atoms with Gasteiger partial charge in [0, 0.05) is 17.9 Å². The van der Waals surface area contributed by atoms with Gasteiger partial charge in [-0.2, -0.15) is 0 Å². The maximum Gasteiger partial charge on any atom is 0.0835 e. The van der Waals surface area contributed by atoms with Gasteiger partial charge in [0.05, 0.1) is 12.2 Å². The van der Waals surface area contributed by atoms with E-state index in [1.165, 1.54) is 16.7 Å². The van der Waals surface area contributed by atoms with Gasteiger partial charge in [-0.05, 0) is 19.4 Å². The van der Waals surface area contributed by atoms with E-state index >= 15 is 0 Å². The van der Waals surface area contributed by atoms with Crippen LogP contribution in [-0.4, -0.2) is 20.3 Å². The molecule has 0 N–H and O–H groups in total. The van der Waals surface area contributed by atoms with E-state index in [4.69, 9.17) is 0 Å². The second-order valence-corrected chi connectivity index (χ2v) is 5.14. The number of benzene rings is 1. The van der Waals surface area contributed by atoms with Crippen LogP contribution >= 0.6 is 15.9 Å². The van der Waals surface area contributed by atoms with Gasteiger partial charge < -0.3 is 0 Å². The molecular formula is C13H16BrN3. The molecule has 0 saturated carbocycles. The van der Waals surface area contributed by atoms with Crippen LogP contribution in [0.15, 0.2) is 24.4 Å². The Labute approximate surface area is 110 Å². The Bertz CT molecular complexity index is 485. The van der Waals surface area contributed by atoms with Crippen molar-refractivity contribution >= 4 is 15.9 Å². The molecule has 0 aliphatic carbocycles. The topological polar surface area (TPSA) is 30.7 Å². The van der Waals surface area contributed by atoms with Crippen molar-refractivity contribution in [1.82, 2.24) is 15.0 Å². The third kappa shape index (κ3) is 3.40. The van der Waals surface area contributed by atoms with Gasteiger partial charge in [0.2, 0.25) is 0 Å². The lowest BCUT2D eigenvalue weighted by Crippen LogP contribution is -2.01. The second-order valence-electron chi connectivity index (χ2n) is 4.34. The minimum Gasteiger partial charge on any atom is -0.248 e. The predicted octanol–water partition coefficient (Wildman–Crippen LogP) is 2.88. The van der Waals surface area contributed by atoms with Crippen molar-refractivity contribution in [2.75, 3.05) is 5.33 Å². The standard InChI is InChI=1S/C13H16BrN3/c1-10-5-11(2)7-12(6-10)8-17-9-13(3-4-14)15-16-17/h5-7,9H,3-4,8H2,1-2H3. The average Bonchev–Trinajstić information content (AvgIpc) is 2.64. The lowest BCUT2D eigenvalue weighted by molar-refractivity contribution is 0.648. The fraction of sp³-hybridized carbons (Fsp3) is 0.385. The highest BCUT2D eigenvalue weighted by Gasteiger charge is 2.02. The predicted molar refractivity (Wildman–Crippen MR) is 72.5 cm³/mol. The molecule has 0 aliphatic rings. The number of aromatic nitrogens is 3. The lowest BCUT2D eigenvalue weighted by atomic mass is 10.1. The third-order valence-electron chi connectivity index (χ3n) is 2.56. The van der Waals surface area contributed by atoms with Gasteiger partial charge in [-0.1, -0.05) is 50.5 Å². The van der Waals surface area contributed by atoms with Crippen LogP contribution in [0.3, 0.4) is 0 Å². The lowest BCUT2D eigenvalue weighted by Gasteiger charge is -2.04. The first-order valence-corrected chi connectivity index (χ1v) is 6.81. The summed E-state index contributed by atoms with van der Waals surface area (Å²) in [7, 11) is 0. The summed E-state index contributed by atoms with van der Waals surface area (Å²) < 4.78 is 1.90. The van der Waals surface area contributed by atoms with Crippen LogP contribution in [0.1, 0.15) is 22.4 Å². The zero-order chi connectivity index (χ0) is 12.3. The largest absolute Gasteiger partial charge is 0.248 e. The summed E-state index contributed by atoms with van der Waals surface area (Å²) >= 11 is 3.40. The molecule has 0 atom stereocenters. The Morgan fingerprint density at radius 1 is 1.18 bits per heavy atom. The van der Waals surface area contributed by atoms with E-state index in [2.05, 4.69) is 58.3 Å². The van der Waals surface area contributed by atoms with E-state index in [0.717, 1.165) is 24.0 Å². The highest BCUT2D eigenvalue weighted by Crippen LogP contribution is 2.10. The molecule has 0 fully saturated rings. The summed E-state index contributed by atoms with van der Waals surface area (Å²) in [5, 5.41) is 9.19. The van der Waals surface area contributed by atoms with Gasteiger partial charge in [-0.25, -0.2) is 4.68 Å². The van der Waals surface area contributed by atoms with Crippen molar-refractivity contribution in [3.63, 3.8) is 0 Å². The molecule has 0 radical (unpaired) electrons. The number of alkyl halides is 1. The minimum atomic E-state index is 0.789. The van der Waals surface area contributed by atoms with Crippen LogP contribution < -0.4 is 0 Å². The van der Waals surface area contributed by atoms with Crippen LogP contribution in [0.25, 0.3) is 0 Å². The molecule has 2 aromatic rings. The first kappa shape index (κ1) is 12.3. The van der Waals surface area contributed by atoms with Gasteiger partial charge in [-0.3, -0.25) is 0 Å². The number of nitrogens with zero attached hydrogens (tertiary/aromatic N) is 3. The molecule has 1 heterocycles. The van der Waals surface area contributed by atoms with Crippen molar-refractivity contribution in [2.45, 2.75) is 26.8 Å². The van der Waals surface area contributed by atoms with Gasteiger partial charge in [0.25, 0.3) is 0 Å². The van der Waals surface area contributed by atoms with Crippen LogP contribution in [0.4, 0.5) is 0 Å². The average molecular weight is 294 g/mol. The molecule has 1 aromatic heterocycles. The van der Waals surface area contributed by atoms with Crippen molar-refractivity contribution in [2.24, 2.45) is 0 Å². The molecule has 1 aromatic carbocycles. The summed E-state index contributed by atoms with van der Waals surface area (Å²) in [6, 6.07) is 6.57. The zero-order valence-corrected chi connectivity index (χ0v) is 11.7. The van der Waals surface area contributed by atoms with Crippen molar-refractivity contribution < 1.29 is 0 Å². The fourth-order valence-corrected chi connectivity index (χ4v) is 2.38. The van der Waals surface area contributed by atoms with Gasteiger partial charge in [0.15, 0.2) is 0 Å². The minimum absolute atomic E-state index is 0.789. The number of aryl methyl sites for hydroxylation is 3. The molecule has 4 heteroatoms. The Morgan fingerprint density at radius 2 is 1.88 bits per heavy atom. The van der Waals surface area contributed by atoms with Crippen LogP contribution in [0, 0.1) is 13.8 Å². The maximum absolute atomic E-state index is 4.14. The summed E-state index contributed by atoms with van der Waals surface area (Å²) in [6.45, 7) is 5.03. The van der Waals surface area contributed by atoms with E-state index in [1.54, 1.807) is 0 Å². The molecule has 0 amide bonds. The molecular weight excluding hydrogens is 278 g/mol. The van der Waals surface area contributed by atoms with Gasteiger partial charge >= 0.3 is 0 Å². The molecule has 0 spiro atoms. The summed E-state index contributed by atoms with van der Waals surface area (Å²) in [4.78, 5) is 0. The third-order valence-corrected chi connectivity index (χ3v) is 2.96. The Morgan fingerprint density at radius 3 is 2.53 bits per heavy atom. The molecule has 0 aliphatic heterocycles. The Hall–Kier alpha value is -1.16.